The van der Waals surface area contributed by atoms with Crippen molar-refractivity contribution in [2.24, 2.45) is 10.9 Å². The zero-order valence-electron chi connectivity index (χ0n) is 19.5. The summed E-state index contributed by atoms with van der Waals surface area (Å²) in [5.74, 6) is -1.28. The Morgan fingerprint density at radius 3 is 2.44 bits per heavy atom. The maximum atomic E-state index is 13.6. The SMILES string of the molecule is CCOC(=O)C1=C(C)N=C2C[C@@H](c3ccc(Cl)cc3)CC(=O)C2[C@H]1c1ccc(O)c(OCC)c1. The van der Waals surface area contributed by atoms with Gasteiger partial charge in [-0.15, -0.1) is 0 Å². The minimum atomic E-state index is -0.578. The zero-order valence-corrected chi connectivity index (χ0v) is 20.3. The van der Waals surface area contributed by atoms with Crippen LogP contribution in [0.15, 0.2) is 58.7 Å². The lowest BCUT2D eigenvalue weighted by Crippen LogP contribution is -2.41. The molecule has 0 bridgehead atoms. The molecule has 1 saturated carbocycles. The summed E-state index contributed by atoms with van der Waals surface area (Å²) in [7, 11) is 0. The predicted molar refractivity (Wildman–Crippen MR) is 131 cm³/mol. The number of ketones is 1. The van der Waals surface area contributed by atoms with Gasteiger partial charge < -0.3 is 14.6 Å². The number of ether oxygens (including phenoxy) is 2. The number of carbonyl (C=O) groups excluding carboxylic acids is 2. The van der Waals surface area contributed by atoms with Gasteiger partial charge >= 0.3 is 5.97 Å². The van der Waals surface area contributed by atoms with Crippen molar-refractivity contribution in [3.8, 4) is 11.5 Å². The van der Waals surface area contributed by atoms with E-state index in [1.54, 1.807) is 26.0 Å². The number of nitrogens with zero attached hydrogens (tertiary/aromatic N) is 1. The number of phenolic OH excluding ortho intramolecular Hbond substituents is 1. The van der Waals surface area contributed by atoms with Crippen LogP contribution in [0.3, 0.4) is 0 Å². The van der Waals surface area contributed by atoms with Gasteiger partial charge in [-0.1, -0.05) is 29.8 Å². The van der Waals surface area contributed by atoms with Crippen LogP contribution in [0.4, 0.5) is 0 Å². The number of phenols is 1. The van der Waals surface area contributed by atoms with Crippen molar-refractivity contribution in [1.82, 2.24) is 0 Å². The van der Waals surface area contributed by atoms with E-state index in [0.717, 1.165) is 11.3 Å². The maximum Gasteiger partial charge on any atom is 0.336 e. The monoisotopic (exact) mass is 481 g/mol. The molecule has 2 aliphatic rings. The molecule has 1 heterocycles. The van der Waals surface area contributed by atoms with Gasteiger partial charge in [0.05, 0.1) is 24.7 Å². The molecule has 1 aliphatic heterocycles. The minimum absolute atomic E-state index is 0.00355. The van der Waals surface area contributed by atoms with Crippen LogP contribution in [0.5, 0.6) is 11.5 Å². The molecule has 4 rings (SSSR count). The summed E-state index contributed by atoms with van der Waals surface area (Å²) in [6, 6.07) is 12.5. The average molecular weight is 482 g/mol. The molecule has 1 aliphatic carbocycles. The Kier molecular flexibility index (Phi) is 7.08. The van der Waals surface area contributed by atoms with E-state index in [1.807, 2.05) is 31.2 Å². The number of hydrogen-bond donors (Lipinski definition) is 1. The van der Waals surface area contributed by atoms with Crippen molar-refractivity contribution in [2.45, 2.75) is 45.4 Å². The molecule has 2 aromatic rings. The van der Waals surface area contributed by atoms with E-state index in [9.17, 15) is 14.7 Å². The third kappa shape index (κ3) is 4.60. The Bertz CT molecular complexity index is 1170. The number of hydrogen-bond acceptors (Lipinski definition) is 6. The van der Waals surface area contributed by atoms with E-state index in [4.69, 9.17) is 26.1 Å². The predicted octanol–water partition coefficient (Wildman–Crippen LogP) is 5.58. The van der Waals surface area contributed by atoms with Gasteiger partial charge in [-0.2, -0.15) is 0 Å². The number of esters is 1. The second kappa shape index (κ2) is 10.0. The van der Waals surface area contributed by atoms with E-state index in [1.165, 1.54) is 6.07 Å². The van der Waals surface area contributed by atoms with Gasteiger partial charge in [0.1, 0.15) is 5.78 Å². The topological polar surface area (TPSA) is 85.2 Å². The lowest BCUT2D eigenvalue weighted by molar-refractivity contribution is -0.139. The van der Waals surface area contributed by atoms with Gasteiger partial charge in [-0.05, 0) is 68.5 Å². The van der Waals surface area contributed by atoms with Crippen LogP contribution >= 0.6 is 11.6 Å². The molecule has 1 N–H and O–H groups in total. The van der Waals surface area contributed by atoms with E-state index in [-0.39, 0.29) is 24.1 Å². The smallest absolute Gasteiger partial charge is 0.336 e. The van der Waals surface area contributed by atoms with Gasteiger partial charge in [0, 0.05) is 28.8 Å². The van der Waals surface area contributed by atoms with Gasteiger partial charge in [-0.25, -0.2) is 4.79 Å². The molecule has 0 amide bonds. The lowest BCUT2D eigenvalue weighted by Gasteiger charge is -2.38. The molecule has 3 atom stereocenters. The fraction of sp³-hybridized carbons (Fsp3) is 0.370. The van der Waals surface area contributed by atoms with Gasteiger partial charge in [0.25, 0.3) is 0 Å². The minimum Gasteiger partial charge on any atom is -0.504 e. The highest BCUT2D eigenvalue weighted by molar-refractivity contribution is 6.30. The first-order valence-corrected chi connectivity index (χ1v) is 11.9. The molecule has 1 fully saturated rings. The van der Waals surface area contributed by atoms with Crippen LogP contribution < -0.4 is 4.74 Å². The lowest BCUT2D eigenvalue weighted by atomic mass is 9.66. The molecular formula is C27H28ClNO5. The molecule has 34 heavy (non-hydrogen) atoms. The van der Waals surface area contributed by atoms with Crippen molar-refractivity contribution >= 4 is 29.1 Å². The highest BCUT2D eigenvalue weighted by atomic mass is 35.5. The standard InChI is InChI=1S/C27H28ClNO5/c1-4-33-23-14-17(8-11-21(23)30)25-24(27(32)34-5-2)15(3)29-20-12-18(13-22(31)26(20)25)16-6-9-19(28)10-7-16/h6-11,14,18,25-26,30H,4-5,12-13H2,1-3H3/t18-,25+,26?/m1/s1. The number of rotatable bonds is 6. The molecule has 6 nitrogen and oxygen atoms in total. The summed E-state index contributed by atoms with van der Waals surface area (Å²) in [5.41, 5.74) is 3.43. The van der Waals surface area contributed by atoms with Crippen LogP contribution in [0.2, 0.25) is 5.02 Å². The summed E-state index contributed by atoms with van der Waals surface area (Å²) in [5, 5.41) is 10.9. The van der Waals surface area contributed by atoms with Crippen LogP contribution in [-0.2, 0) is 14.3 Å². The first-order chi connectivity index (χ1) is 16.3. The van der Waals surface area contributed by atoms with Crippen LogP contribution in [-0.4, -0.2) is 35.8 Å². The summed E-state index contributed by atoms with van der Waals surface area (Å²) in [6.45, 7) is 5.95. The van der Waals surface area contributed by atoms with Crippen LogP contribution in [0, 0.1) is 5.92 Å². The quantitative estimate of drug-likeness (QED) is 0.544. The number of allylic oxidation sites excluding steroid dienone is 1. The first-order valence-electron chi connectivity index (χ1n) is 11.5. The van der Waals surface area contributed by atoms with Gasteiger partial charge in [-0.3, -0.25) is 9.79 Å². The number of aliphatic imine (C=N–C) groups is 1. The summed E-state index contributed by atoms with van der Waals surface area (Å²) >= 11 is 6.05. The Morgan fingerprint density at radius 1 is 1.06 bits per heavy atom. The number of benzene rings is 2. The van der Waals surface area contributed by atoms with Crippen molar-refractivity contribution in [3.05, 3.63) is 69.9 Å². The molecule has 1 unspecified atom stereocenters. The molecule has 2 aromatic carbocycles. The van der Waals surface area contributed by atoms with Gasteiger partial charge in [0.2, 0.25) is 0 Å². The maximum absolute atomic E-state index is 13.6. The van der Waals surface area contributed by atoms with E-state index in [0.29, 0.717) is 47.1 Å². The highest BCUT2D eigenvalue weighted by Crippen LogP contribution is 2.47. The van der Waals surface area contributed by atoms with E-state index in [2.05, 4.69) is 0 Å². The average Bonchev–Trinajstić information content (AvgIpc) is 2.80. The Balaban J connectivity index is 1.80. The number of carbonyl (C=O) groups is 2. The fourth-order valence-corrected chi connectivity index (χ4v) is 5.10. The van der Waals surface area contributed by atoms with Crippen LogP contribution in [0.1, 0.15) is 56.6 Å². The Hall–Kier alpha value is -3.12. The van der Waals surface area contributed by atoms with E-state index < -0.39 is 17.8 Å². The Morgan fingerprint density at radius 2 is 1.76 bits per heavy atom. The number of fused-ring (bicyclic) bond motifs is 1. The molecule has 7 heteroatoms. The summed E-state index contributed by atoms with van der Waals surface area (Å²) in [6.07, 6.45) is 0.950. The van der Waals surface area contributed by atoms with Gasteiger partial charge in [0.15, 0.2) is 11.5 Å². The molecule has 178 valence electrons. The van der Waals surface area contributed by atoms with Crippen molar-refractivity contribution < 1.29 is 24.2 Å². The Labute approximate surface area is 204 Å². The summed E-state index contributed by atoms with van der Waals surface area (Å²) < 4.78 is 10.9. The molecule has 0 radical (unpaired) electrons. The number of halogens is 1. The molecular weight excluding hydrogens is 454 g/mol. The number of Topliss-reactive ketones (excluding diaryl/α,β-unsaturated/α-hetero) is 1. The summed E-state index contributed by atoms with van der Waals surface area (Å²) in [4.78, 5) is 31.4. The van der Waals surface area contributed by atoms with Crippen molar-refractivity contribution in [1.29, 1.82) is 0 Å². The first kappa shape index (κ1) is 24.0. The second-order valence-corrected chi connectivity index (χ2v) is 9.00. The highest BCUT2D eigenvalue weighted by Gasteiger charge is 2.46. The number of aromatic hydroxyl groups is 1. The van der Waals surface area contributed by atoms with Crippen LogP contribution in [0.25, 0.3) is 0 Å². The molecule has 0 saturated heterocycles. The third-order valence-corrected chi connectivity index (χ3v) is 6.69. The fourth-order valence-electron chi connectivity index (χ4n) is 4.98. The second-order valence-electron chi connectivity index (χ2n) is 8.56. The normalized spacial score (nSPS) is 22.2. The molecule has 0 spiro atoms. The van der Waals surface area contributed by atoms with Crippen molar-refractivity contribution in [2.75, 3.05) is 13.2 Å². The molecule has 0 aromatic heterocycles. The van der Waals surface area contributed by atoms with Crippen molar-refractivity contribution in [3.63, 3.8) is 0 Å². The third-order valence-electron chi connectivity index (χ3n) is 6.43. The van der Waals surface area contributed by atoms with E-state index >= 15 is 0 Å². The zero-order chi connectivity index (χ0) is 24.4. The largest absolute Gasteiger partial charge is 0.504 e.